The number of carbonyl (C=O) groups excluding carboxylic acids is 1. The second-order valence-corrected chi connectivity index (χ2v) is 7.18. The molecule has 156 valence electrons. The van der Waals surface area contributed by atoms with Crippen molar-refractivity contribution in [1.82, 2.24) is 15.3 Å². The van der Waals surface area contributed by atoms with Crippen LogP contribution in [0.15, 0.2) is 67.0 Å². The van der Waals surface area contributed by atoms with Gasteiger partial charge in [0, 0.05) is 41.0 Å². The maximum atomic E-state index is 12.4. The zero-order valence-electron chi connectivity index (χ0n) is 16.8. The van der Waals surface area contributed by atoms with Gasteiger partial charge in [0.05, 0.1) is 5.56 Å². The molecule has 2 heterocycles. The quantitative estimate of drug-likeness (QED) is 0.344. The number of rotatable bonds is 7. The molecule has 0 fully saturated rings. The van der Waals surface area contributed by atoms with E-state index in [-0.39, 0.29) is 11.5 Å². The number of hydrogen-bond acceptors (Lipinski definition) is 4. The number of aromatic amines is 1. The highest BCUT2D eigenvalue weighted by Crippen LogP contribution is 2.31. The van der Waals surface area contributed by atoms with Crippen LogP contribution in [0, 0.1) is 0 Å². The van der Waals surface area contributed by atoms with Gasteiger partial charge in [-0.15, -0.1) is 0 Å². The summed E-state index contributed by atoms with van der Waals surface area (Å²) in [7, 11) is 0. The number of nitrogens with zero attached hydrogens (tertiary/aromatic N) is 1. The molecular formula is C24H22N4O3. The van der Waals surface area contributed by atoms with Gasteiger partial charge < -0.3 is 21.1 Å². The number of H-pyrrole nitrogens is 1. The van der Waals surface area contributed by atoms with Crippen molar-refractivity contribution in [2.75, 3.05) is 13.1 Å². The molecule has 0 saturated heterocycles. The molecule has 5 N–H and O–H groups in total. The molecule has 0 saturated carbocycles. The highest BCUT2D eigenvalue weighted by atomic mass is 16.4. The van der Waals surface area contributed by atoms with Crippen LogP contribution in [0.25, 0.3) is 33.3 Å². The van der Waals surface area contributed by atoms with Gasteiger partial charge >= 0.3 is 5.97 Å². The Morgan fingerprint density at radius 2 is 1.81 bits per heavy atom. The average Bonchev–Trinajstić information content (AvgIpc) is 3.22. The summed E-state index contributed by atoms with van der Waals surface area (Å²) in [6.07, 6.45) is 4.36. The maximum absolute atomic E-state index is 12.4. The Kier molecular flexibility index (Phi) is 5.77. The molecule has 4 aromatic rings. The summed E-state index contributed by atoms with van der Waals surface area (Å²) in [6.45, 7) is 1.07. The van der Waals surface area contributed by atoms with E-state index in [2.05, 4.69) is 15.3 Å². The first-order chi connectivity index (χ1) is 15.1. The number of carbonyl (C=O) groups is 2. The van der Waals surface area contributed by atoms with E-state index in [1.807, 2.05) is 30.5 Å². The van der Waals surface area contributed by atoms with E-state index in [1.165, 1.54) is 0 Å². The van der Waals surface area contributed by atoms with Crippen molar-refractivity contribution in [3.63, 3.8) is 0 Å². The predicted octanol–water partition coefficient (Wildman–Crippen LogP) is 3.67. The monoisotopic (exact) mass is 414 g/mol. The van der Waals surface area contributed by atoms with Crippen LogP contribution < -0.4 is 11.1 Å². The second-order valence-electron chi connectivity index (χ2n) is 7.18. The van der Waals surface area contributed by atoms with Crippen LogP contribution in [0.3, 0.4) is 0 Å². The molecule has 31 heavy (non-hydrogen) atoms. The molecule has 7 heteroatoms. The normalized spacial score (nSPS) is 10.9. The van der Waals surface area contributed by atoms with Crippen LogP contribution in [0.4, 0.5) is 0 Å². The number of carboxylic acid groups (broad SMARTS) is 1. The zero-order chi connectivity index (χ0) is 21.8. The Labute approximate surface area is 178 Å². The topological polar surface area (TPSA) is 121 Å². The van der Waals surface area contributed by atoms with Gasteiger partial charge in [-0.25, -0.2) is 9.78 Å². The summed E-state index contributed by atoms with van der Waals surface area (Å²) in [6, 6.07) is 16.2. The van der Waals surface area contributed by atoms with Crippen LogP contribution >= 0.6 is 0 Å². The fourth-order valence-corrected chi connectivity index (χ4v) is 3.44. The number of benzene rings is 2. The summed E-state index contributed by atoms with van der Waals surface area (Å²) in [5.74, 6) is -1.09. The van der Waals surface area contributed by atoms with Crippen LogP contribution in [-0.2, 0) is 0 Å². The average molecular weight is 414 g/mol. The van der Waals surface area contributed by atoms with Crippen molar-refractivity contribution in [3.05, 3.63) is 78.1 Å². The largest absolute Gasteiger partial charge is 0.478 e. The number of pyridine rings is 1. The van der Waals surface area contributed by atoms with Crippen LogP contribution in [0.5, 0.6) is 0 Å². The number of nitrogens with one attached hydrogen (secondary N) is 2. The van der Waals surface area contributed by atoms with Gasteiger partial charge in [-0.3, -0.25) is 4.79 Å². The number of aromatic carboxylic acids is 1. The molecule has 0 aliphatic rings. The number of hydrogen-bond donors (Lipinski definition) is 4. The summed E-state index contributed by atoms with van der Waals surface area (Å²) >= 11 is 0. The van der Waals surface area contributed by atoms with Gasteiger partial charge in [-0.2, -0.15) is 0 Å². The Hall–Kier alpha value is -3.97. The van der Waals surface area contributed by atoms with Crippen molar-refractivity contribution in [3.8, 4) is 22.3 Å². The SMILES string of the molecule is NCCCNC(=O)c1cccc(-c2cnc3[nH]cc(-c4ccc(C(=O)O)cc4)c3c2)c1. The summed E-state index contributed by atoms with van der Waals surface area (Å²) in [5.41, 5.74) is 10.6. The number of nitrogens with two attached hydrogens (primary N) is 1. The van der Waals surface area contributed by atoms with Crippen molar-refractivity contribution in [1.29, 1.82) is 0 Å². The van der Waals surface area contributed by atoms with E-state index in [1.54, 1.807) is 36.5 Å². The third-order valence-corrected chi connectivity index (χ3v) is 5.10. The Balaban J connectivity index is 1.67. The van der Waals surface area contributed by atoms with Gasteiger partial charge in [0.25, 0.3) is 5.91 Å². The van der Waals surface area contributed by atoms with E-state index < -0.39 is 5.97 Å². The summed E-state index contributed by atoms with van der Waals surface area (Å²) < 4.78 is 0. The van der Waals surface area contributed by atoms with Gasteiger partial charge in [0.2, 0.25) is 0 Å². The highest BCUT2D eigenvalue weighted by molar-refractivity contribution is 5.98. The zero-order valence-corrected chi connectivity index (χ0v) is 16.8. The fourth-order valence-electron chi connectivity index (χ4n) is 3.44. The minimum absolute atomic E-state index is 0.134. The van der Waals surface area contributed by atoms with Crippen LogP contribution in [0.2, 0.25) is 0 Å². The second kappa shape index (κ2) is 8.81. The Morgan fingerprint density at radius 3 is 2.55 bits per heavy atom. The number of fused-ring (bicyclic) bond motifs is 1. The molecule has 0 bridgehead atoms. The lowest BCUT2D eigenvalue weighted by Crippen LogP contribution is -2.25. The van der Waals surface area contributed by atoms with Gasteiger partial charge in [-0.1, -0.05) is 24.3 Å². The molecule has 0 atom stereocenters. The lowest BCUT2D eigenvalue weighted by Gasteiger charge is -2.07. The third-order valence-electron chi connectivity index (χ3n) is 5.10. The minimum Gasteiger partial charge on any atom is -0.478 e. The van der Waals surface area contributed by atoms with Gasteiger partial charge in [0.15, 0.2) is 0 Å². The van der Waals surface area contributed by atoms with Crippen LogP contribution in [0.1, 0.15) is 27.1 Å². The third kappa shape index (κ3) is 4.31. The molecule has 0 unspecified atom stereocenters. The Morgan fingerprint density at radius 1 is 1.00 bits per heavy atom. The van der Waals surface area contributed by atoms with Crippen molar-refractivity contribution < 1.29 is 14.7 Å². The van der Waals surface area contributed by atoms with E-state index in [0.29, 0.717) is 18.7 Å². The van der Waals surface area contributed by atoms with Gasteiger partial charge in [-0.05, 0) is 54.4 Å². The molecule has 0 spiro atoms. The molecule has 0 aliphatic carbocycles. The van der Waals surface area contributed by atoms with E-state index >= 15 is 0 Å². The molecule has 2 aromatic heterocycles. The summed E-state index contributed by atoms with van der Waals surface area (Å²) in [5, 5.41) is 12.9. The molecule has 2 aromatic carbocycles. The smallest absolute Gasteiger partial charge is 0.335 e. The molecule has 7 nitrogen and oxygen atoms in total. The first-order valence-electron chi connectivity index (χ1n) is 9.96. The number of aromatic nitrogens is 2. The molecule has 0 aliphatic heterocycles. The molecule has 4 rings (SSSR count). The predicted molar refractivity (Wildman–Crippen MR) is 120 cm³/mol. The van der Waals surface area contributed by atoms with Crippen molar-refractivity contribution >= 4 is 22.9 Å². The van der Waals surface area contributed by atoms with E-state index in [4.69, 9.17) is 10.8 Å². The first kappa shape index (κ1) is 20.3. The molecule has 1 amide bonds. The first-order valence-corrected chi connectivity index (χ1v) is 9.96. The maximum Gasteiger partial charge on any atom is 0.335 e. The fraction of sp³-hybridized carbons (Fsp3) is 0.125. The van der Waals surface area contributed by atoms with Crippen molar-refractivity contribution in [2.45, 2.75) is 6.42 Å². The van der Waals surface area contributed by atoms with E-state index in [9.17, 15) is 9.59 Å². The minimum atomic E-state index is -0.957. The standard InChI is InChI=1S/C24H22N4O3/c25-9-2-10-26-23(29)18-4-1-3-17(11-18)19-12-20-21(14-28-22(20)27-13-19)15-5-7-16(8-6-15)24(30)31/h1,3-8,11-14H,2,9-10,25H2,(H,26,29)(H,27,28)(H,30,31). The van der Waals surface area contributed by atoms with Crippen LogP contribution in [-0.4, -0.2) is 40.0 Å². The lowest BCUT2D eigenvalue weighted by molar-refractivity contribution is 0.0696. The molecule has 0 radical (unpaired) electrons. The lowest BCUT2D eigenvalue weighted by atomic mass is 10.0. The highest BCUT2D eigenvalue weighted by Gasteiger charge is 2.12. The molecular weight excluding hydrogens is 392 g/mol. The summed E-state index contributed by atoms with van der Waals surface area (Å²) in [4.78, 5) is 31.2. The number of carboxylic acids is 1. The number of amides is 1. The van der Waals surface area contributed by atoms with Crippen molar-refractivity contribution in [2.24, 2.45) is 5.73 Å². The van der Waals surface area contributed by atoms with Gasteiger partial charge in [0.1, 0.15) is 5.65 Å². The van der Waals surface area contributed by atoms with E-state index in [0.717, 1.165) is 39.7 Å². The Bertz CT molecular complexity index is 1250.